The number of benzene rings is 2. The lowest BCUT2D eigenvalue weighted by molar-refractivity contribution is 0.0571. The van der Waals surface area contributed by atoms with Crippen LogP contribution in [0, 0.1) is 16.2 Å². The second kappa shape index (κ2) is 15.2. The molecule has 0 spiro atoms. The molecule has 0 aromatic heterocycles. The van der Waals surface area contributed by atoms with Crippen molar-refractivity contribution in [3.05, 3.63) is 71.3 Å². The minimum Gasteiger partial charge on any atom is -0.0683 e. The van der Waals surface area contributed by atoms with Gasteiger partial charge in [-0.3, -0.25) is 0 Å². The Labute approximate surface area is 285 Å². The van der Waals surface area contributed by atoms with Gasteiger partial charge in [-0.15, -0.1) is 0 Å². The smallest absolute Gasteiger partial charge is 0.0683 e. The van der Waals surface area contributed by atoms with E-state index >= 15 is 0 Å². The molecule has 2 aromatic rings. The highest BCUT2D eigenvalue weighted by molar-refractivity contribution is 6.44. The van der Waals surface area contributed by atoms with Crippen molar-refractivity contribution < 1.29 is 0 Å². The van der Waals surface area contributed by atoms with Crippen LogP contribution in [0.25, 0.3) is 0 Å². The number of rotatable bonds is 14. The summed E-state index contributed by atoms with van der Waals surface area (Å²) in [6.07, 6.45) is 4.58. The molecule has 0 heterocycles. The van der Waals surface area contributed by atoms with E-state index in [1.54, 1.807) is 0 Å². The van der Waals surface area contributed by atoms with Gasteiger partial charge < -0.3 is 0 Å². The van der Waals surface area contributed by atoms with Crippen molar-refractivity contribution in [3.8, 4) is 0 Å². The fraction of sp³-hybridized carbons (Fsp3) is 0.721. The molecular weight excluding hydrogens is 538 g/mol. The third-order valence-electron chi connectivity index (χ3n) is 11.7. The van der Waals surface area contributed by atoms with Gasteiger partial charge in [-0.05, 0) is 69.4 Å². The molecule has 2 aromatic carbocycles. The lowest BCUT2D eigenvalue weighted by Gasteiger charge is -2.51. The maximum absolute atomic E-state index is 6.78. The summed E-state index contributed by atoms with van der Waals surface area (Å²) in [5, 5.41) is -0.284. The molecule has 2 rings (SSSR count). The van der Waals surface area contributed by atoms with Crippen molar-refractivity contribution >= 4 is 15.1 Å². The molecule has 0 fully saturated rings. The maximum Gasteiger partial charge on any atom is 0.125 e. The summed E-state index contributed by atoms with van der Waals surface area (Å²) in [7, 11) is 9.49. The zero-order valence-corrected chi connectivity index (χ0v) is 33.3. The molecule has 0 aliphatic carbocycles. The lowest BCUT2D eigenvalue weighted by Crippen LogP contribution is -2.41. The van der Waals surface area contributed by atoms with Gasteiger partial charge in [0.15, 0.2) is 0 Å². The molecule has 2 atom stereocenters. The first-order valence-corrected chi connectivity index (χ1v) is 18.1. The molecule has 2 unspecified atom stereocenters. The van der Waals surface area contributed by atoms with Gasteiger partial charge in [-0.25, -0.2) is 0 Å². The first-order valence-electron chi connectivity index (χ1n) is 18.1. The topological polar surface area (TPSA) is 0 Å². The van der Waals surface area contributed by atoms with E-state index in [2.05, 4.69) is 173 Å². The first kappa shape index (κ1) is 41.6. The molecule has 0 N–H and O–H groups in total. The Hall–Kier alpha value is -1.43. The SMILES string of the molecule is CC.[B]C(C)(C)C(C)(C)CC(c1ccccc1)C(C)(C)[B]C(C)(C)CC(c1ccc(C(C)(C)C)cc1)C(C)(C)C(C)(C)CCC. The zero-order chi connectivity index (χ0) is 35.3. The van der Waals surface area contributed by atoms with Crippen molar-refractivity contribution in [1.82, 2.24) is 0 Å². The summed E-state index contributed by atoms with van der Waals surface area (Å²) in [4.78, 5) is 0. The van der Waals surface area contributed by atoms with Crippen LogP contribution in [0.15, 0.2) is 54.6 Å². The van der Waals surface area contributed by atoms with Crippen LogP contribution in [0.2, 0.25) is 15.9 Å². The average molecular weight is 612 g/mol. The van der Waals surface area contributed by atoms with Gasteiger partial charge in [-0.2, -0.15) is 0 Å². The molecule has 45 heavy (non-hydrogen) atoms. The number of hydrogen-bond acceptors (Lipinski definition) is 0. The van der Waals surface area contributed by atoms with Crippen LogP contribution in [-0.2, 0) is 5.41 Å². The Morgan fingerprint density at radius 1 is 0.600 bits per heavy atom. The zero-order valence-electron chi connectivity index (χ0n) is 33.3. The van der Waals surface area contributed by atoms with E-state index in [1.807, 2.05) is 13.8 Å². The molecule has 0 saturated carbocycles. The molecule has 2 heteroatoms. The van der Waals surface area contributed by atoms with E-state index < -0.39 is 0 Å². The second-order valence-corrected chi connectivity index (χ2v) is 18.7. The highest BCUT2D eigenvalue weighted by Gasteiger charge is 2.47. The van der Waals surface area contributed by atoms with Crippen LogP contribution in [0.4, 0.5) is 0 Å². The van der Waals surface area contributed by atoms with Crippen LogP contribution in [0.1, 0.15) is 179 Å². The van der Waals surface area contributed by atoms with Crippen molar-refractivity contribution in [3.63, 3.8) is 0 Å². The van der Waals surface area contributed by atoms with E-state index in [4.69, 9.17) is 7.85 Å². The molecule has 0 aliphatic heterocycles. The Kier molecular flexibility index (Phi) is 14.0. The van der Waals surface area contributed by atoms with Crippen molar-refractivity contribution in [2.75, 3.05) is 0 Å². The highest BCUT2D eigenvalue weighted by atomic mass is 14.5. The van der Waals surface area contributed by atoms with Gasteiger partial charge >= 0.3 is 0 Å². The fourth-order valence-electron chi connectivity index (χ4n) is 7.39. The van der Waals surface area contributed by atoms with Crippen LogP contribution < -0.4 is 0 Å². The minimum atomic E-state index is -0.273. The van der Waals surface area contributed by atoms with Gasteiger partial charge in [0.25, 0.3) is 0 Å². The van der Waals surface area contributed by atoms with Crippen LogP contribution in [0.3, 0.4) is 0 Å². The minimum absolute atomic E-state index is 0.0197. The molecule has 0 bridgehead atoms. The maximum atomic E-state index is 6.78. The van der Waals surface area contributed by atoms with Gasteiger partial charge in [-0.1, -0.05) is 202 Å². The molecule has 251 valence electrons. The van der Waals surface area contributed by atoms with E-state index in [0.717, 1.165) is 12.8 Å². The van der Waals surface area contributed by atoms with Gasteiger partial charge in [0, 0.05) is 0 Å². The molecule has 0 nitrogen and oxygen atoms in total. The molecular formula is C43H73B2. The van der Waals surface area contributed by atoms with Crippen molar-refractivity contribution in [1.29, 1.82) is 0 Å². The first-order chi connectivity index (χ1) is 20.3. The largest absolute Gasteiger partial charge is 0.125 e. The summed E-state index contributed by atoms with van der Waals surface area (Å²) < 4.78 is 0. The molecule has 3 radical (unpaired) electrons. The Balaban J connectivity index is 0.00000496. The van der Waals surface area contributed by atoms with E-state index in [0.29, 0.717) is 11.8 Å². The summed E-state index contributed by atoms with van der Waals surface area (Å²) in [5.41, 5.74) is 4.76. The predicted octanol–water partition coefficient (Wildman–Crippen LogP) is 14.0. The summed E-state index contributed by atoms with van der Waals surface area (Å²) >= 11 is 0. The third kappa shape index (κ3) is 10.8. The van der Waals surface area contributed by atoms with Crippen LogP contribution in [0.5, 0.6) is 0 Å². The monoisotopic (exact) mass is 612 g/mol. The van der Waals surface area contributed by atoms with Gasteiger partial charge in [0.05, 0.1) is 7.85 Å². The highest BCUT2D eigenvalue weighted by Crippen LogP contribution is 2.60. The van der Waals surface area contributed by atoms with Gasteiger partial charge in [0.1, 0.15) is 7.28 Å². The quantitative estimate of drug-likeness (QED) is 0.187. The third-order valence-corrected chi connectivity index (χ3v) is 11.7. The predicted molar refractivity (Wildman–Crippen MR) is 208 cm³/mol. The second-order valence-electron chi connectivity index (χ2n) is 18.7. The lowest BCUT2D eigenvalue weighted by atomic mass is 9.34. The van der Waals surface area contributed by atoms with Crippen molar-refractivity contribution in [2.24, 2.45) is 16.2 Å². The van der Waals surface area contributed by atoms with Crippen LogP contribution >= 0.6 is 0 Å². The molecule has 0 aliphatic rings. The molecule has 0 amide bonds. The summed E-state index contributed by atoms with van der Waals surface area (Å²) in [6.45, 7) is 42.3. The number of hydrogen-bond donors (Lipinski definition) is 0. The van der Waals surface area contributed by atoms with E-state index in [1.165, 1.54) is 29.5 Å². The Bertz CT molecular complexity index is 1140. The van der Waals surface area contributed by atoms with Crippen LogP contribution in [-0.4, -0.2) is 15.1 Å². The van der Waals surface area contributed by atoms with Gasteiger partial charge in [0.2, 0.25) is 0 Å². The van der Waals surface area contributed by atoms with E-state index in [-0.39, 0.29) is 37.6 Å². The van der Waals surface area contributed by atoms with Crippen molar-refractivity contribution in [2.45, 2.75) is 184 Å². The van der Waals surface area contributed by atoms with E-state index in [9.17, 15) is 0 Å². The fourth-order valence-corrected chi connectivity index (χ4v) is 7.39. The summed E-state index contributed by atoms with van der Waals surface area (Å²) in [6, 6.07) is 20.8. The molecule has 0 saturated heterocycles. The Morgan fingerprint density at radius 2 is 1.07 bits per heavy atom. The summed E-state index contributed by atoms with van der Waals surface area (Å²) in [5.74, 6) is 0.791. The normalized spacial score (nSPS) is 15.2. The Morgan fingerprint density at radius 3 is 1.49 bits per heavy atom. The average Bonchev–Trinajstić information content (AvgIpc) is 2.90. The standard InChI is InChI=1S/C41H67B2.C2H6/c1-17-27-36(5,6)39(11,12)33(31-23-25-32(26-24-31)35(2,3)4)29-38(9,10)43-40(13,14)34(30-21-19-18-20-22-30)28-37(7,8)41(15,16)42;1-2/h18-26,33-34H,17,27-29H2,1-16H3;1-2H3.